The second kappa shape index (κ2) is 3.97. The van der Waals surface area contributed by atoms with Crippen LogP contribution in [0.1, 0.15) is 31.2 Å². The zero-order valence-corrected chi connectivity index (χ0v) is 9.61. The van der Waals surface area contributed by atoms with Crippen molar-refractivity contribution in [1.82, 2.24) is 0 Å². The smallest absolute Gasteiger partial charge is 0.248 e. The molecular weight excluding hydrogens is 232 g/mol. The Kier molecular flexibility index (Phi) is 2.93. The first-order chi connectivity index (χ1) is 7.43. The Morgan fingerprint density at radius 3 is 2.19 bits per heavy atom. The Morgan fingerprint density at radius 1 is 1.06 bits per heavy atom. The molecule has 0 radical (unpaired) electrons. The van der Waals surface area contributed by atoms with E-state index in [1.807, 2.05) is 18.2 Å². The summed E-state index contributed by atoms with van der Waals surface area (Å²) in [5.41, 5.74) is 6.27. The summed E-state index contributed by atoms with van der Waals surface area (Å²) in [4.78, 5) is 0. The lowest BCUT2D eigenvalue weighted by molar-refractivity contribution is -0.0513. The van der Waals surface area contributed by atoms with Crippen molar-refractivity contribution in [2.75, 3.05) is 0 Å². The first-order valence-corrected chi connectivity index (χ1v) is 5.73. The third kappa shape index (κ3) is 2.20. The van der Waals surface area contributed by atoms with E-state index in [0.717, 1.165) is 5.56 Å². The van der Waals surface area contributed by atoms with Crippen LogP contribution in [-0.4, -0.2) is 5.92 Å². The van der Waals surface area contributed by atoms with Gasteiger partial charge >= 0.3 is 0 Å². The molecule has 0 aliphatic heterocycles. The Hall–Kier alpha value is -0.670. The molecule has 0 amide bonds. The molecular formula is C12H14ClF2N. The highest BCUT2D eigenvalue weighted by Crippen LogP contribution is 2.43. The molecule has 1 fully saturated rings. The van der Waals surface area contributed by atoms with E-state index >= 15 is 0 Å². The van der Waals surface area contributed by atoms with Crippen molar-refractivity contribution in [3.05, 3.63) is 34.9 Å². The summed E-state index contributed by atoms with van der Waals surface area (Å²) in [5.74, 6) is -2.57. The van der Waals surface area contributed by atoms with E-state index in [1.54, 1.807) is 6.07 Å². The average molecular weight is 246 g/mol. The van der Waals surface area contributed by atoms with Crippen LogP contribution in [0, 0.1) is 0 Å². The predicted octanol–water partition coefficient (Wildman–Crippen LogP) is 3.70. The summed E-state index contributed by atoms with van der Waals surface area (Å²) < 4.78 is 26.2. The minimum Gasteiger partial charge on any atom is -0.321 e. The van der Waals surface area contributed by atoms with Crippen LogP contribution in [0.4, 0.5) is 8.78 Å². The maximum Gasteiger partial charge on any atom is 0.248 e. The standard InChI is InChI=1S/C12H14ClF2N/c13-10-4-2-1-3-9(10)11(16)5-7-12(14,15)8-6-11/h1-4H,5-8,16H2. The fourth-order valence-corrected chi connectivity index (χ4v) is 2.52. The fraction of sp³-hybridized carbons (Fsp3) is 0.500. The summed E-state index contributed by atoms with van der Waals surface area (Å²) in [6.45, 7) is 0. The van der Waals surface area contributed by atoms with Crippen molar-refractivity contribution < 1.29 is 8.78 Å². The Labute approximate surface area is 98.6 Å². The molecule has 2 rings (SSSR count). The first kappa shape index (κ1) is 11.8. The zero-order chi connectivity index (χ0) is 11.8. The van der Waals surface area contributed by atoms with Gasteiger partial charge in [0.2, 0.25) is 5.92 Å². The van der Waals surface area contributed by atoms with Crippen LogP contribution in [0.15, 0.2) is 24.3 Å². The minimum absolute atomic E-state index is 0.158. The van der Waals surface area contributed by atoms with Gasteiger partial charge in [-0.1, -0.05) is 29.8 Å². The van der Waals surface area contributed by atoms with Crippen LogP contribution in [0.3, 0.4) is 0 Å². The van der Waals surface area contributed by atoms with E-state index in [0.29, 0.717) is 5.02 Å². The fourth-order valence-electron chi connectivity index (χ4n) is 2.20. The molecule has 0 unspecified atom stereocenters. The molecule has 1 aromatic carbocycles. The third-order valence-corrected chi connectivity index (χ3v) is 3.61. The highest BCUT2D eigenvalue weighted by Gasteiger charge is 2.42. The van der Waals surface area contributed by atoms with Gasteiger partial charge in [0.25, 0.3) is 0 Å². The normalized spacial score (nSPS) is 23.0. The summed E-state index contributed by atoms with van der Waals surface area (Å²) in [6, 6.07) is 7.22. The van der Waals surface area contributed by atoms with Gasteiger partial charge in [0, 0.05) is 23.4 Å². The van der Waals surface area contributed by atoms with Gasteiger partial charge in [-0.25, -0.2) is 8.78 Å². The Balaban J connectivity index is 2.25. The average Bonchev–Trinajstić information content (AvgIpc) is 2.24. The van der Waals surface area contributed by atoms with Crippen molar-refractivity contribution in [3.8, 4) is 0 Å². The van der Waals surface area contributed by atoms with Crippen molar-refractivity contribution in [3.63, 3.8) is 0 Å². The number of nitrogens with two attached hydrogens (primary N) is 1. The summed E-state index contributed by atoms with van der Waals surface area (Å²) in [6.07, 6.45) is 0.247. The maximum absolute atomic E-state index is 13.1. The van der Waals surface area contributed by atoms with E-state index in [-0.39, 0.29) is 25.7 Å². The highest BCUT2D eigenvalue weighted by atomic mass is 35.5. The quantitative estimate of drug-likeness (QED) is 0.802. The van der Waals surface area contributed by atoms with Gasteiger partial charge in [-0.2, -0.15) is 0 Å². The van der Waals surface area contributed by atoms with E-state index in [9.17, 15) is 8.78 Å². The summed E-state index contributed by atoms with van der Waals surface area (Å²) in [5, 5.41) is 0.565. The molecule has 4 heteroatoms. The van der Waals surface area contributed by atoms with Crippen LogP contribution in [0.2, 0.25) is 5.02 Å². The first-order valence-electron chi connectivity index (χ1n) is 5.35. The van der Waals surface area contributed by atoms with Crippen LogP contribution >= 0.6 is 11.6 Å². The molecule has 1 aliphatic carbocycles. The number of hydrogen-bond donors (Lipinski definition) is 1. The van der Waals surface area contributed by atoms with Crippen LogP contribution in [0.5, 0.6) is 0 Å². The third-order valence-electron chi connectivity index (χ3n) is 3.28. The molecule has 2 N–H and O–H groups in total. The molecule has 1 aromatic rings. The molecule has 0 atom stereocenters. The minimum atomic E-state index is -2.57. The number of rotatable bonds is 1. The molecule has 0 bridgehead atoms. The number of benzene rings is 1. The van der Waals surface area contributed by atoms with Gasteiger partial charge in [0.1, 0.15) is 0 Å². The summed E-state index contributed by atoms with van der Waals surface area (Å²) in [7, 11) is 0. The summed E-state index contributed by atoms with van der Waals surface area (Å²) >= 11 is 6.05. The van der Waals surface area contributed by atoms with E-state index in [1.165, 1.54) is 0 Å². The van der Waals surface area contributed by atoms with Crippen LogP contribution in [0.25, 0.3) is 0 Å². The van der Waals surface area contributed by atoms with Crippen molar-refractivity contribution in [2.45, 2.75) is 37.1 Å². The lowest BCUT2D eigenvalue weighted by atomic mass is 9.76. The van der Waals surface area contributed by atoms with Crippen molar-refractivity contribution >= 4 is 11.6 Å². The Bertz CT molecular complexity index is 382. The molecule has 16 heavy (non-hydrogen) atoms. The van der Waals surface area contributed by atoms with E-state index in [4.69, 9.17) is 17.3 Å². The highest BCUT2D eigenvalue weighted by molar-refractivity contribution is 6.31. The lowest BCUT2D eigenvalue weighted by Crippen LogP contribution is -2.43. The Morgan fingerprint density at radius 2 is 1.62 bits per heavy atom. The number of hydrogen-bond acceptors (Lipinski definition) is 1. The SMILES string of the molecule is NC1(c2ccccc2Cl)CCC(F)(F)CC1. The van der Waals surface area contributed by atoms with Gasteiger partial charge < -0.3 is 5.73 Å². The second-order valence-electron chi connectivity index (χ2n) is 4.49. The van der Waals surface area contributed by atoms with Crippen LogP contribution < -0.4 is 5.73 Å². The molecule has 1 aliphatic rings. The molecule has 88 valence electrons. The predicted molar refractivity (Wildman–Crippen MR) is 60.7 cm³/mol. The maximum atomic E-state index is 13.1. The van der Waals surface area contributed by atoms with Crippen molar-refractivity contribution in [2.24, 2.45) is 5.73 Å². The second-order valence-corrected chi connectivity index (χ2v) is 4.90. The van der Waals surface area contributed by atoms with E-state index < -0.39 is 11.5 Å². The monoisotopic (exact) mass is 245 g/mol. The van der Waals surface area contributed by atoms with Gasteiger partial charge in [-0.3, -0.25) is 0 Å². The molecule has 1 nitrogen and oxygen atoms in total. The van der Waals surface area contributed by atoms with E-state index in [2.05, 4.69) is 0 Å². The molecule has 0 aromatic heterocycles. The number of halogens is 3. The molecule has 1 saturated carbocycles. The molecule has 0 saturated heterocycles. The van der Waals surface area contributed by atoms with Gasteiger partial charge in [0.15, 0.2) is 0 Å². The zero-order valence-electron chi connectivity index (χ0n) is 8.85. The largest absolute Gasteiger partial charge is 0.321 e. The lowest BCUT2D eigenvalue weighted by Gasteiger charge is -2.37. The van der Waals surface area contributed by atoms with Gasteiger partial charge in [-0.05, 0) is 24.5 Å². The number of alkyl halides is 2. The van der Waals surface area contributed by atoms with Crippen LogP contribution in [-0.2, 0) is 5.54 Å². The van der Waals surface area contributed by atoms with Crippen molar-refractivity contribution in [1.29, 1.82) is 0 Å². The topological polar surface area (TPSA) is 26.0 Å². The molecule has 0 spiro atoms. The molecule has 0 heterocycles. The van der Waals surface area contributed by atoms with Gasteiger partial charge in [0.05, 0.1) is 0 Å². The van der Waals surface area contributed by atoms with Gasteiger partial charge in [-0.15, -0.1) is 0 Å².